The van der Waals surface area contributed by atoms with Crippen molar-refractivity contribution >= 4 is 12.2 Å². The molecule has 2 aromatic rings. The number of carbonyl (C=O) groups excluding carboxylic acids is 2. The first kappa shape index (κ1) is 14.4. The number of azo groups is 1. The smallest absolute Gasteiger partial charge is 0.408 e. The summed E-state index contributed by atoms with van der Waals surface area (Å²) < 4.78 is 9.69. The van der Waals surface area contributed by atoms with Crippen molar-refractivity contribution in [2.45, 2.75) is 6.92 Å². The van der Waals surface area contributed by atoms with E-state index in [1.165, 1.54) is 0 Å². The first-order valence-electron chi connectivity index (χ1n) is 6.10. The van der Waals surface area contributed by atoms with Crippen molar-refractivity contribution in [1.29, 1.82) is 0 Å². The molecule has 0 unspecified atom stereocenters. The number of carbonyl (C=O) groups is 2. The second kappa shape index (κ2) is 6.95. The molecule has 0 bridgehead atoms. The van der Waals surface area contributed by atoms with Gasteiger partial charge in [0.25, 0.3) is 0 Å². The fraction of sp³-hybridized carbons (Fsp3) is 0.0667. The Kier molecular flexibility index (Phi) is 4.76. The highest BCUT2D eigenvalue weighted by Crippen LogP contribution is 2.12. The van der Waals surface area contributed by atoms with E-state index in [9.17, 15) is 9.59 Å². The zero-order chi connectivity index (χ0) is 15.1. The molecule has 0 atom stereocenters. The fourth-order valence-electron chi connectivity index (χ4n) is 1.42. The number of hydrogen-bond donors (Lipinski definition) is 0. The quantitative estimate of drug-likeness (QED) is 0.776. The zero-order valence-corrected chi connectivity index (χ0v) is 11.2. The van der Waals surface area contributed by atoms with Gasteiger partial charge in [-0.05, 0) is 31.2 Å². The number of para-hydroxylation sites is 1. The van der Waals surface area contributed by atoms with Crippen LogP contribution in [-0.2, 0) is 0 Å². The van der Waals surface area contributed by atoms with E-state index in [2.05, 4.69) is 10.2 Å². The summed E-state index contributed by atoms with van der Waals surface area (Å²) >= 11 is 0. The normalized spacial score (nSPS) is 10.3. The number of rotatable bonds is 2. The maximum Gasteiger partial charge on any atom is 0.458 e. The third-order valence-corrected chi connectivity index (χ3v) is 2.39. The molecule has 0 aliphatic carbocycles. The van der Waals surface area contributed by atoms with Crippen molar-refractivity contribution in [3.63, 3.8) is 0 Å². The van der Waals surface area contributed by atoms with Gasteiger partial charge < -0.3 is 9.47 Å². The van der Waals surface area contributed by atoms with E-state index in [0.29, 0.717) is 11.5 Å². The van der Waals surface area contributed by atoms with Gasteiger partial charge in [0.1, 0.15) is 11.5 Å². The molecule has 0 saturated carbocycles. The van der Waals surface area contributed by atoms with Crippen LogP contribution < -0.4 is 9.47 Å². The van der Waals surface area contributed by atoms with Gasteiger partial charge in [0.15, 0.2) is 0 Å². The van der Waals surface area contributed by atoms with Crippen molar-refractivity contribution in [3.05, 3.63) is 60.2 Å². The lowest BCUT2D eigenvalue weighted by Gasteiger charge is -2.00. The van der Waals surface area contributed by atoms with E-state index >= 15 is 0 Å². The molecule has 0 aromatic heterocycles. The fourth-order valence-corrected chi connectivity index (χ4v) is 1.42. The van der Waals surface area contributed by atoms with Gasteiger partial charge in [0, 0.05) is 0 Å². The average molecular weight is 284 g/mol. The Morgan fingerprint density at radius 2 is 1.24 bits per heavy atom. The standard InChI is InChI=1S/C15H12N2O4/c1-11-7-9-13(10-8-11)21-15(19)17-16-14(18)20-12-5-3-2-4-6-12/h2-10H,1H3. The maximum atomic E-state index is 11.4. The van der Waals surface area contributed by atoms with Crippen molar-refractivity contribution in [2.75, 3.05) is 0 Å². The van der Waals surface area contributed by atoms with Crippen molar-refractivity contribution in [2.24, 2.45) is 10.2 Å². The molecule has 0 heterocycles. The van der Waals surface area contributed by atoms with Crippen LogP contribution >= 0.6 is 0 Å². The van der Waals surface area contributed by atoms with Crippen LogP contribution in [0, 0.1) is 6.92 Å². The molecule has 0 aliphatic heterocycles. The molecular formula is C15H12N2O4. The van der Waals surface area contributed by atoms with Gasteiger partial charge >= 0.3 is 12.2 Å². The minimum atomic E-state index is -0.998. The molecule has 2 aromatic carbocycles. The topological polar surface area (TPSA) is 77.3 Å². The van der Waals surface area contributed by atoms with Crippen LogP contribution in [0.15, 0.2) is 64.8 Å². The third-order valence-electron chi connectivity index (χ3n) is 2.39. The Balaban J connectivity index is 1.87. The van der Waals surface area contributed by atoms with E-state index in [0.717, 1.165) is 5.56 Å². The number of benzene rings is 2. The molecular weight excluding hydrogens is 272 g/mol. The Labute approximate surface area is 121 Å². The second-order valence-electron chi connectivity index (χ2n) is 4.06. The Morgan fingerprint density at radius 3 is 1.76 bits per heavy atom. The highest BCUT2D eigenvalue weighted by atomic mass is 16.6. The highest BCUT2D eigenvalue weighted by molar-refractivity contribution is 5.75. The van der Waals surface area contributed by atoms with Crippen LogP contribution in [0.25, 0.3) is 0 Å². The molecule has 106 valence electrons. The van der Waals surface area contributed by atoms with Crippen molar-refractivity contribution in [3.8, 4) is 11.5 Å². The van der Waals surface area contributed by atoms with E-state index in [1.807, 2.05) is 6.92 Å². The molecule has 2 rings (SSSR count). The van der Waals surface area contributed by atoms with Gasteiger partial charge in [-0.15, -0.1) is 0 Å². The monoisotopic (exact) mass is 284 g/mol. The van der Waals surface area contributed by atoms with Gasteiger partial charge in [0.05, 0.1) is 0 Å². The van der Waals surface area contributed by atoms with Crippen LogP contribution in [0.4, 0.5) is 9.59 Å². The Hall–Kier alpha value is -3.02. The van der Waals surface area contributed by atoms with E-state index in [1.54, 1.807) is 54.6 Å². The largest absolute Gasteiger partial charge is 0.458 e. The van der Waals surface area contributed by atoms with E-state index in [4.69, 9.17) is 9.47 Å². The van der Waals surface area contributed by atoms with Crippen LogP contribution in [0.5, 0.6) is 11.5 Å². The minimum absolute atomic E-state index is 0.313. The van der Waals surface area contributed by atoms with Gasteiger partial charge in [-0.25, -0.2) is 9.59 Å². The second-order valence-corrected chi connectivity index (χ2v) is 4.06. The summed E-state index contributed by atoms with van der Waals surface area (Å²) in [7, 11) is 0. The summed E-state index contributed by atoms with van der Waals surface area (Å²) in [6, 6.07) is 15.1. The first-order chi connectivity index (χ1) is 10.1. The average Bonchev–Trinajstić information content (AvgIpc) is 2.49. The van der Waals surface area contributed by atoms with E-state index < -0.39 is 12.2 Å². The van der Waals surface area contributed by atoms with Gasteiger partial charge in [0.2, 0.25) is 0 Å². The summed E-state index contributed by atoms with van der Waals surface area (Å²) in [6.45, 7) is 1.91. The summed E-state index contributed by atoms with van der Waals surface area (Å²) in [5.41, 5.74) is 1.03. The Morgan fingerprint density at radius 1 is 0.762 bits per heavy atom. The lowest BCUT2D eigenvalue weighted by atomic mass is 10.2. The van der Waals surface area contributed by atoms with Crippen LogP contribution in [-0.4, -0.2) is 12.2 Å². The van der Waals surface area contributed by atoms with Gasteiger partial charge in [-0.1, -0.05) is 46.1 Å². The third kappa shape index (κ3) is 4.87. The van der Waals surface area contributed by atoms with Crippen molar-refractivity contribution < 1.29 is 19.1 Å². The molecule has 2 amide bonds. The number of aryl methyl sites for hydroxylation is 1. The number of nitrogens with zero attached hydrogens (tertiary/aromatic N) is 2. The molecule has 21 heavy (non-hydrogen) atoms. The molecule has 6 heteroatoms. The summed E-state index contributed by atoms with van der Waals surface area (Å²) in [6.07, 6.45) is -1.99. The molecule has 0 N–H and O–H groups in total. The van der Waals surface area contributed by atoms with Gasteiger partial charge in [-0.3, -0.25) is 0 Å². The van der Waals surface area contributed by atoms with E-state index in [-0.39, 0.29) is 0 Å². The zero-order valence-electron chi connectivity index (χ0n) is 11.2. The maximum absolute atomic E-state index is 11.4. The van der Waals surface area contributed by atoms with Gasteiger partial charge in [-0.2, -0.15) is 0 Å². The molecule has 0 fully saturated rings. The summed E-state index contributed by atoms with van der Waals surface area (Å²) in [4.78, 5) is 22.7. The van der Waals surface area contributed by atoms with Crippen LogP contribution in [0.2, 0.25) is 0 Å². The lowest BCUT2D eigenvalue weighted by molar-refractivity contribution is 0.200. The lowest BCUT2D eigenvalue weighted by Crippen LogP contribution is -2.05. The number of hydrogen-bond acceptors (Lipinski definition) is 4. The Bertz CT molecular complexity index is 651. The summed E-state index contributed by atoms with van der Waals surface area (Å²) in [5.74, 6) is 0.634. The first-order valence-corrected chi connectivity index (χ1v) is 6.10. The predicted molar refractivity (Wildman–Crippen MR) is 74.5 cm³/mol. The number of amides is 2. The summed E-state index contributed by atoms with van der Waals surface area (Å²) in [5, 5.41) is 6.25. The van der Waals surface area contributed by atoms with Crippen LogP contribution in [0.1, 0.15) is 5.56 Å². The van der Waals surface area contributed by atoms with Crippen LogP contribution in [0.3, 0.4) is 0 Å². The molecule has 0 radical (unpaired) electrons. The molecule has 0 aliphatic rings. The number of ether oxygens (including phenoxy) is 2. The molecule has 0 saturated heterocycles. The predicted octanol–water partition coefficient (Wildman–Crippen LogP) is 4.15. The SMILES string of the molecule is Cc1ccc(OC(=O)N=NC(=O)Oc2ccccc2)cc1. The molecule has 0 spiro atoms. The molecule has 6 nitrogen and oxygen atoms in total. The minimum Gasteiger partial charge on any atom is -0.408 e. The highest BCUT2D eigenvalue weighted by Gasteiger charge is 2.06. The van der Waals surface area contributed by atoms with Crippen molar-refractivity contribution in [1.82, 2.24) is 0 Å².